The highest BCUT2D eigenvalue weighted by Crippen LogP contribution is 2.42. The maximum Gasteiger partial charge on any atom is 0.0931 e. The molecule has 1 heterocycles. The first-order valence-electron chi connectivity index (χ1n) is 6.03. The first-order chi connectivity index (χ1) is 9.10. The Hall–Kier alpha value is -0.190. The Morgan fingerprint density at radius 1 is 1.16 bits per heavy atom. The maximum atomic E-state index is 6.25. The van der Waals surface area contributed by atoms with Gasteiger partial charge in [0.05, 0.1) is 9.59 Å². The second-order valence-corrected chi connectivity index (χ2v) is 7.60. The van der Waals surface area contributed by atoms with E-state index in [1.54, 1.807) is 23.1 Å². The van der Waals surface area contributed by atoms with Gasteiger partial charge in [0.2, 0.25) is 0 Å². The molecule has 2 aromatic rings. The summed E-state index contributed by atoms with van der Waals surface area (Å²) in [7, 11) is 0. The summed E-state index contributed by atoms with van der Waals surface area (Å²) in [5.74, 6) is 0. The van der Waals surface area contributed by atoms with Gasteiger partial charge < -0.3 is 5.73 Å². The molecule has 0 aliphatic heterocycles. The van der Waals surface area contributed by atoms with E-state index in [9.17, 15) is 0 Å². The summed E-state index contributed by atoms with van der Waals surface area (Å²) in [5, 5.41) is 0.975. The van der Waals surface area contributed by atoms with E-state index in [1.807, 2.05) is 30.3 Å². The second-order valence-electron chi connectivity index (χ2n) is 4.21. The molecule has 19 heavy (non-hydrogen) atoms. The molecular formula is C14H15Cl2NS2. The summed E-state index contributed by atoms with van der Waals surface area (Å²) in [6, 6.07) is 12.0. The minimum Gasteiger partial charge on any atom is -0.326 e. The van der Waals surface area contributed by atoms with Crippen LogP contribution in [0.1, 0.15) is 23.5 Å². The van der Waals surface area contributed by atoms with Crippen molar-refractivity contribution < 1.29 is 0 Å². The van der Waals surface area contributed by atoms with Crippen molar-refractivity contribution in [2.75, 3.05) is 0 Å². The first kappa shape index (κ1) is 15.2. The van der Waals surface area contributed by atoms with E-state index in [0.29, 0.717) is 0 Å². The molecule has 5 heteroatoms. The lowest BCUT2D eigenvalue weighted by atomic mass is 10.1. The van der Waals surface area contributed by atoms with Gasteiger partial charge in [-0.25, -0.2) is 0 Å². The molecule has 0 aliphatic carbocycles. The number of hydrogen-bond acceptors (Lipinski definition) is 3. The predicted molar refractivity (Wildman–Crippen MR) is 87.6 cm³/mol. The van der Waals surface area contributed by atoms with Crippen LogP contribution in [-0.4, -0.2) is 6.04 Å². The van der Waals surface area contributed by atoms with Gasteiger partial charge in [0.15, 0.2) is 0 Å². The topological polar surface area (TPSA) is 26.0 Å². The molecule has 1 aromatic heterocycles. The van der Waals surface area contributed by atoms with E-state index < -0.39 is 0 Å². The molecule has 0 aliphatic rings. The Balaban J connectivity index is 2.21. The van der Waals surface area contributed by atoms with Crippen LogP contribution in [0.25, 0.3) is 0 Å². The van der Waals surface area contributed by atoms with E-state index in [-0.39, 0.29) is 11.3 Å². The third-order valence-electron chi connectivity index (χ3n) is 2.81. The summed E-state index contributed by atoms with van der Waals surface area (Å²) in [4.78, 5) is 2.39. The van der Waals surface area contributed by atoms with Gasteiger partial charge in [0, 0.05) is 20.8 Å². The summed E-state index contributed by atoms with van der Waals surface area (Å²) in [6.45, 7) is 2.11. The zero-order valence-electron chi connectivity index (χ0n) is 10.5. The molecule has 2 atom stereocenters. The summed E-state index contributed by atoms with van der Waals surface area (Å²) in [5.41, 5.74) is 6.25. The van der Waals surface area contributed by atoms with Gasteiger partial charge in [0.1, 0.15) is 0 Å². The third-order valence-corrected chi connectivity index (χ3v) is 5.93. The van der Waals surface area contributed by atoms with Crippen molar-refractivity contribution in [3.05, 3.63) is 50.6 Å². The Morgan fingerprint density at radius 2 is 1.84 bits per heavy atom. The maximum absolute atomic E-state index is 6.25. The molecule has 2 unspecified atom stereocenters. The molecule has 2 N–H and O–H groups in total. The smallest absolute Gasteiger partial charge is 0.0931 e. The Kier molecular flexibility index (Phi) is 5.60. The Bertz CT molecular complexity index is 524. The quantitative estimate of drug-likeness (QED) is 0.719. The average Bonchev–Trinajstić information content (AvgIpc) is 2.83. The van der Waals surface area contributed by atoms with Gasteiger partial charge in [-0.15, -0.1) is 23.1 Å². The minimum absolute atomic E-state index is 0.107. The molecule has 1 aromatic carbocycles. The van der Waals surface area contributed by atoms with Gasteiger partial charge in [-0.3, -0.25) is 0 Å². The van der Waals surface area contributed by atoms with E-state index in [1.165, 1.54) is 9.77 Å². The number of halogens is 2. The summed E-state index contributed by atoms with van der Waals surface area (Å²) < 4.78 is 0.806. The summed E-state index contributed by atoms with van der Waals surface area (Å²) >= 11 is 15.3. The molecule has 0 amide bonds. The Morgan fingerprint density at radius 3 is 2.37 bits per heavy atom. The van der Waals surface area contributed by atoms with Crippen molar-refractivity contribution >= 4 is 46.3 Å². The van der Waals surface area contributed by atoms with Crippen LogP contribution in [0.3, 0.4) is 0 Å². The molecule has 0 spiro atoms. The van der Waals surface area contributed by atoms with Gasteiger partial charge in [0.25, 0.3) is 0 Å². The average molecular weight is 332 g/mol. The van der Waals surface area contributed by atoms with Crippen LogP contribution >= 0.6 is 46.3 Å². The largest absolute Gasteiger partial charge is 0.326 e. The van der Waals surface area contributed by atoms with Crippen LogP contribution in [0.4, 0.5) is 0 Å². The van der Waals surface area contributed by atoms with E-state index in [0.717, 1.165) is 15.8 Å². The van der Waals surface area contributed by atoms with Crippen LogP contribution in [0.15, 0.2) is 41.3 Å². The van der Waals surface area contributed by atoms with Gasteiger partial charge in [-0.2, -0.15) is 0 Å². The Labute approximate surface area is 132 Å². The van der Waals surface area contributed by atoms with Crippen molar-refractivity contribution in [3.8, 4) is 0 Å². The van der Waals surface area contributed by atoms with Crippen LogP contribution in [-0.2, 0) is 0 Å². The van der Waals surface area contributed by atoms with Gasteiger partial charge in [-0.1, -0.05) is 30.1 Å². The predicted octanol–water partition coefficient (Wildman–Crippen LogP) is 5.63. The normalized spacial score (nSPS) is 14.3. The molecule has 1 nitrogen and oxygen atoms in total. The zero-order chi connectivity index (χ0) is 13.8. The lowest BCUT2D eigenvalue weighted by Crippen LogP contribution is -2.25. The molecule has 0 saturated carbocycles. The van der Waals surface area contributed by atoms with Gasteiger partial charge in [-0.05, 0) is 42.8 Å². The van der Waals surface area contributed by atoms with Crippen molar-refractivity contribution in [2.45, 2.75) is 29.5 Å². The number of rotatable bonds is 5. The van der Waals surface area contributed by atoms with E-state index in [2.05, 4.69) is 13.0 Å². The molecule has 0 fully saturated rings. The van der Waals surface area contributed by atoms with Gasteiger partial charge >= 0.3 is 0 Å². The molecule has 2 rings (SSSR count). The molecule has 0 bridgehead atoms. The number of nitrogens with two attached hydrogens (primary N) is 1. The van der Waals surface area contributed by atoms with Crippen molar-refractivity contribution in [1.82, 2.24) is 0 Å². The van der Waals surface area contributed by atoms with Crippen LogP contribution in [0.5, 0.6) is 0 Å². The first-order valence-corrected chi connectivity index (χ1v) is 8.48. The fourth-order valence-electron chi connectivity index (χ4n) is 1.71. The third kappa shape index (κ3) is 4.14. The number of benzene rings is 1. The number of thioether (sulfide) groups is 1. The fraction of sp³-hybridized carbons (Fsp3) is 0.286. The summed E-state index contributed by atoms with van der Waals surface area (Å²) in [6.07, 6.45) is 0.931. The minimum atomic E-state index is 0.107. The highest BCUT2D eigenvalue weighted by molar-refractivity contribution is 7.99. The van der Waals surface area contributed by atoms with E-state index >= 15 is 0 Å². The molecule has 0 saturated heterocycles. The fourth-order valence-corrected chi connectivity index (χ4v) is 4.39. The number of hydrogen-bond donors (Lipinski definition) is 1. The van der Waals surface area contributed by atoms with E-state index in [4.69, 9.17) is 28.9 Å². The number of thiophene rings is 1. The lowest BCUT2D eigenvalue weighted by molar-refractivity contribution is 0.640. The molecule has 102 valence electrons. The second kappa shape index (κ2) is 7.00. The highest BCUT2D eigenvalue weighted by atomic mass is 35.5. The standard InChI is InChI=1S/C14H15Cl2NS2/c1-2-11(17)14(12-7-8-13(16)19-12)18-10-5-3-9(15)4-6-10/h3-8,11,14H,2,17H2,1H3. The SMILES string of the molecule is CCC(N)C(Sc1ccc(Cl)cc1)c1ccc(Cl)s1. The monoisotopic (exact) mass is 331 g/mol. The zero-order valence-corrected chi connectivity index (χ0v) is 13.6. The molecular weight excluding hydrogens is 317 g/mol. The lowest BCUT2D eigenvalue weighted by Gasteiger charge is -2.21. The van der Waals surface area contributed by atoms with Crippen LogP contribution < -0.4 is 5.73 Å². The van der Waals surface area contributed by atoms with Crippen LogP contribution in [0.2, 0.25) is 9.36 Å². The molecule has 0 radical (unpaired) electrons. The van der Waals surface area contributed by atoms with Crippen molar-refractivity contribution in [1.29, 1.82) is 0 Å². The van der Waals surface area contributed by atoms with Crippen molar-refractivity contribution in [2.24, 2.45) is 5.73 Å². The van der Waals surface area contributed by atoms with Crippen LogP contribution in [0, 0.1) is 0 Å². The highest BCUT2D eigenvalue weighted by Gasteiger charge is 2.21. The van der Waals surface area contributed by atoms with Crippen molar-refractivity contribution in [3.63, 3.8) is 0 Å².